The van der Waals surface area contributed by atoms with E-state index in [4.69, 9.17) is 0 Å². The van der Waals surface area contributed by atoms with Crippen LogP contribution in [0.15, 0.2) is 133 Å². The molecule has 5 heterocycles. The molecule has 0 amide bonds. The van der Waals surface area contributed by atoms with Gasteiger partial charge in [0.2, 0.25) is 0 Å². The van der Waals surface area contributed by atoms with Crippen molar-refractivity contribution in [2.45, 2.75) is 45.4 Å². The van der Waals surface area contributed by atoms with E-state index in [0.29, 0.717) is 0 Å². The third-order valence-electron chi connectivity index (χ3n) is 12.2. The Morgan fingerprint density at radius 3 is 2.06 bits per heavy atom. The predicted molar refractivity (Wildman–Crippen MR) is 231 cm³/mol. The molecule has 1 fully saturated rings. The topological polar surface area (TPSA) is 14.7 Å². The molecule has 4 nitrogen and oxygen atoms in total. The zero-order valence-electron chi connectivity index (χ0n) is 31.3. The summed E-state index contributed by atoms with van der Waals surface area (Å²) < 4.78 is 2.57. The largest absolute Gasteiger partial charge is 0.371 e. The Morgan fingerprint density at radius 1 is 0.537 bits per heavy atom. The number of nitrogens with zero attached hydrogens (tertiary/aromatic N) is 4. The number of para-hydroxylation sites is 4. The number of fused-ring (bicyclic) bond motifs is 8. The first-order valence-corrected chi connectivity index (χ1v) is 19.7. The third kappa shape index (κ3) is 4.57. The van der Waals surface area contributed by atoms with Crippen molar-refractivity contribution in [3.8, 4) is 5.69 Å². The minimum Gasteiger partial charge on any atom is -0.371 e. The van der Waals surface area contributed by atoms with Crippen LogP contribution in [-0.2, 0) is 5.41 Å². The summed E-state index contributed by atoms with van der Waals surface area (Å²) in [6, 6.07) is 50.4. The van der Waals surface area contributed by atoms with Gasteiger partial charge in [0.15, 0.2) is 0 Å². The lowest BCUT2D eigenvalue weighted by Crippen LogP contribution is -2.63. The summed E-state index contributed by atoms with van der Waals surface area (Å²) in [5.41, 5.74) is 19.1. The highest BCUT2D eigenvalue weighted by atomic mass is 15.2. The van der Waals surface area contributed by atoms with E-state index in [1.165, 1.54) is 109 Å². The third-order valence-corrected chi connectivity index (χ3v) is 12.2. The van der Waals surface area contributed by atoms with E-state index in [-0.39, 0.29) is 12.1 Å². The van der Waals surface area contributed by atoms with Gasteiger partial charge in [-0.2, -0.15) is 0 Å². The maximum Gasteiger partial charge on any atom is 0.273 e. The van der Waals surface area contributed by atoms with Crippen LogP contribution >= 0.6 is 0 Å². The molecule has 4 aliphatic rings. The van der Waals surface area contributed by atoms with Crippen molar-refractivity contribution in [2.75, 3.05) is 27.8 Å². The standard InChI is InChI=1S/C49H43BN4/c1-49(2,3)35-18-15-21-37(30-35)52-43-31-38(51-28-12-5-13-29-51)32-44-45(43)50(40-23-14-17-34-27-26-33-16-8-10-24-41(33)54(44)46(34)40)48-47(52)39-22-9-11-25-42(39)53(48)36-19-6-4-7-20-36/h4,6-11,14-27,30-32H,5,12-13,28-29H2,1-3H3. The minimum atomic E-state index is -0.0000713. The average molecular weight is 699 g/mol. The summed E-state index contributed by atoms with van der Waals surface area (Å²) in [6.07, 6.45) is 8.39. The molecule has 1 aromatic heterocycles. The highest BCUT2D eigenvalue weighted by Crippen LogP contribution is 2.51. The van der Waals surface area contributed by atoms with Crippen molar-refractivity contribution >= 4 is 86.1 Å². The molecular formula is C49H43BN4. The fourth-order valence-corrected chi connectivity index (χ4v) is 9.74. The molecule has 0 N–H and O–H groups in total. The molecule has 7 aromatic rings. The van der Waals surface area contributed by atoms with E-state index in [0.717, 1.165) is 13.1 Å². The van der Waals surface area contributed by atoms with Gasteiger partial charge in [-0.1, -0.05) is 118 Å². The van der Waals surface area contributed by atoms with E-state index < -0.39 is 0 Å². The van der Waals surface area contributed by atoms with E-state index in [2.05, 4.69) is 186 Å². The number of piperidine rings is 1. The lowest BCUT2D eigenvalue weighted by molar-refractivity contribution is 0.578. The molecule has 0 spiro atoms. The van der Waals surface area contributed by atoms with Crippen LogP contribution in [0, 0.1) is 0 Å². The van der Waals surface area contributed by atoms with Crippen LogP contribution in [-0.4, -0.2) is 24.4 Å². The molecule has 0 atom stereocenters. The predicted octanol–water partition coefficient (Wildman–Crippen LogP) is 10.5. The SMILES string of the molecule is CC(C)(C)c1cccc(N2c3cc(N4CCCCC4)cc4c3B(c3cccc5c3N4c3ccccc3C=C5)c3c2c2ccccc2n3-c2ccccc2)c1. The van der Waals surface area contributed by atoms with Crippen molar-refractivity contribution < 1.29 is 0 Å². The van der Waals surface area contributed by atoms with Gasteiger partial charge in [0.1, 0.15) is 0 Å². The quantitative estimate of drug-likeness (QED) is 0.171. The van der Waals surface area contributed by atoms with Gasteiger partial charge in [0.25, 0.3) is 6.71 Å². The minimum absolute atomic E-state index is 0.0000713. The van der Waals surface area contributed by atoms with Crippen LogP contribution in [0.5, 0.6) is 0 Å². The molecule has 6 aromatic carbocycles. The number of benzene rings is 6. The maximum absolute atomic E-state index is 2.64. The average Bonchev–Trinajstić information content (AvgIpc) is 3.45. The Labute approximate surface area is 318 Å². The zero-order valence-corrected chi connectivity index (χ0v) is 31.3. The van der Waals surface area contributed by atoms with Gasteiger partial charge in [0, 0.05) is 58.2 Å². The molecule has 0 saturated carbocycles. The summed E-state index contributed by atoms with van der Waals surface area (Å²) in [4.78, 5) is 7.88. The number of aromatic nitrogens is 1. The highest BCUT2D eigenvalue weighted by Gasteiger charge is 2.48. The fraction of sp³-hybridized carbons (Fsp3) is 0.184. The molecule has 0 bridgehead atoms. The van der Waals surface area contributed by atoms with Gasteiger partial charge in [-0.3, -0.25) is 0 Å². The van der Waals surface area contributed by atoms with Crippen molar-refractivity contribution in [1.82, 2.24) is 4.57 Å². The number of hydrogen-bond donors (Lipinski definition) is 0. The number of rotatable bonds is 3. The molecule has 4 aliphatic heterocycles. The van der Waals surface area contributed by atoms with Crippen molar-refractivity contribution in [1.29, 1.82) is 0 Å². The Balaban J connectivity index is 1.32. The van der Waals surface area contributed by atoms with Gasteiger partial charge in [-0.05, 0) is 101 Å². The smallest absolute Gasteiger partial charge is 0.273 e. The van der Waals surface area contributed by atoms with Crippen LogP contribution in [0.1, 0.15) is 56.7 Å². The van der Waals surface area contributed by atoms with Gasteiger partial charge in [-0.25, -0.2) is 0 Å². The Hall–Kier alpha value is -5.94. The van der Waals surface area contributed by atoms with E-state index in [1.807, 2.05) is 0 Å². The first kappa shape index (κ1) is 31.6. The zero-order chi connectivity index (χ0) is 36.1. The Kier molecular flexibility index (Phi) is 6.89. The lowest BCUT2D eigenvalue weighted by atomic mass is 9.34. The van der Waals surface area contributed by atoms with Crippen molar-refractivity contribution in [2.24, 2.45) is 0 Å². The van der Waals surface area contributed by atoms with Crippen LogP contribution in [0.25, 0.3) is 28.7 Å². The van der Waals surface area contributed by atoms with Gasteiger partial charge >= 0.3 is 0 Å². The number of anilines is 7. The molecule has 11 rings (SSSR count). The summed E-state index contributed by atoms with van der Waals surface area (Å²) in [5, 5.41) is 1.27. The Bertz CT molecular complexity index is 2660. The second-order valence-corrected chi connectivity index (χ2v) is 16.4. The van der Waals surface area contributed by atoms with Crippen LogP contribution in [0.2, 0.25) is 0 Å². The van der Waals surface area contributed by atoms with Crippen molar-refractivity contribution in [3.05, 3.63) is 150 Å². The molecule has 5 heteroatoms. The monoisotopic (exact) mass is 698 g/mol. The molecular weight excluding hydrogens is 655 g/mol. The molecule has 0 radical (unpaired) electrons. The van der Waals surface area contributed by atoms with E-state index >= 15 is 0 Å². The Morgan fingerprint density at radius 2 is 1.22 bits per heavy atom. The molecule has 54 heavy (non-hydrogen) atoms. The normalized spacial score (nSPS) is 15.5. The fourth-order valence-electron chi connectivity index (χ4n) is 9.74. The van der Waals surface area contributed by atoms with E-state index in [9.17, 15) is 0 Å². The molecule has 0 aliphatic carbocycles. The second kappa shape index (κ2) is 11.8. The maximum atomic E-state index is 2.64. The van der Waals surface area contributed by atoms with Crippen LogP contribution in [0.3, 0.4) is 0 Å². The van der Waals surface area contributed by atoms with E-state index in [1.54, 1.807) is 0 Å². The first-order valence-electron chi connectivity index (χ1n) is 19.7. The van der Waals surface area contributed by atoms with Gasteiger partial charge < -0.3 is 19.3 Å². The summed E-state index contributed by atoms with van der Waals surface area (Å²) >= 11 is 0. The lowest BCUT2D eigenvalue weighted by Gasteiger charge is -2.45. The van der Waals surface area contributed by atoms with Gasteiger partial charge in [0.05, 0.1) is 16.9 Å². The summed E-state index contributed by atoms with van der Waals surface area (Å²) in [7, 11) is 0. The summed E-state index contributed by atoms with van der Waals surface area (Å²) in [6.45, 7) is 9.13. The molecule has 1 saturated heterocycles. The second-order valence-electron chi connectivity index (χ2n) is 16.4. The van der Waals surface area contributed by atoms with Gasteiger partial charge in [-0.15, -0.1) is 0 Å². The van der Waals surface area contributed by atoms with Crippen LogP contribution < -0.4 is 31.2 Å². The number of hydrogen-bond acceptors (Lipinski definition) is 3. The van der Waals surface area contributed by atoms with Crippen molar-refractivity contribution in [3.63, 3.8) is 0 Å². The first-order chi connectivity index (χ1) is 26.5. The van der Waals surface area contributed by atoms with Crippen LogP contribution in [0.4, 0.5) is 39.8 Å². The molecule has 0 unspecified atom stereocenters. The molecule has 262 valence electrons. The highest BCUT2D eigenvalue weighted by molar-refractivity contribution is 7.00. The summed E-state index contributed by atoms with van der Waals surface area (Å²) in [5.74, 6) is 0.